The standard InChI is InChI=1S/C47H80N6O9/c1-15-31(6)40(50(12)45(58)38(29(2)3)49-44(57)39(30(4)5)51-24-26-52(27-25-51)46(59)62-47(9,10)11)36(60-13)28-37(54)53-23-19-22-35(53)42(61-14)32(7)43(56)48-33(8)41(55)34-20-17-16-18-21-34/h16-18,20-21,29-33,35-36,38-42,55H,15,19,22-28H2,1-14H3,(H,48,56)(H,49,57)/t31-,32+,33+,35-,36+,38-,39-,40-,41+,42+/m0/s1. The lowest BCUT2D eigenvalue weighted by Gasteiger charge is -2.42. The maximum absolute atomic E-state index is 14.6. The van der Waals surface area contributed by atoms with Crippen LogP contribution in [0.3, 0.4) is 0 Å². The summed E-state index contributed by atoms with van der Waals surface area (Å²) >= 11 is 0. The Kier molecular flexibility index (Phi) is 20.1. The molecule has 0 saturated carbocycles. The number of piperazine rings is 1. The van der Waals surface area contributed by atoms with Gasteiger partial charge in [0.05, 0.1) is 54.8 Å². The van der Waals surface area contributed by atoms with Gasteiger partial charge in [0.1, 0.15) is 11.6 Å². The molecule has 0 aliphatic carbocycles. The van der Waals surface area contributed by atoms with Gasteiger partial charge in [-0.3, -0.25) is 24.1 Å². The van der Waals surface area contributed by atoms with Crippen LogP contribution in [0.4, 0.5) is 4.79 Å². The summed E-state index contributed by atoms with van der Waals surface area (Å²) in [6.07, 6.45) is -0.422. The molecule has 2 saturated heterocycles. The number of nitrogens with one attached hydrogen (secondary N) is 2. The molecule has 3 N–H and O–H groups in total. The van der Waals surface area contributed by atoms with Crippen molar-refractivity contribution in [2.24, 2.45) is 23.7 Å². The number of aliphatic hydroxyl groups excluding tert-OH is 1. The monoisotopic (exact) mass is 873 g/mol. The molecule has 2 fully saturated rings. The highest BCUT2D eigenvalue weighted by atomic mass is 16.6. The zero-order valence-corrected chi connectivity index (χ0v) is 40.2. The Bertz CT molecular complexity index is 1600. The number of carbonyl (C=O) groups is 5. The first-order valence-corrected chi connectivity index (χ1v) is 22.8. The highest BCUT2D eigenvalue weighted by Gasteiger charge is 2.44. The lowest BCUT2D eigenvalue weighted by molar-refractivity contribution is -0.148. The van der Waals surface area contributed by atoms with Crippen LogP contribution in [0.25, 0.3) is 0 Å². The van der Waals surface area contributed by atoms with E-state index in [1.807, 2.05) is 92.6 Å². The number of carbonyl (C=O) groups excluding carboxylic acids is 5. The lowest BCUT2D eigenvalue weighted by Crippen LogP contribution is -2.62. The van der Waals surface area contributed by atoms with Gasteiger partial charge in [-0.15, -0.1) is 0 Å². The van der Waals surface area contributed by atoms with E-state index in [9.17, 15) is 29.1 Å². The number of likely N-dealkylation sites (tertiary alicyclic amines) is 1. The average Bonchev–Trinajstić information content (AvgIpc) is 3.71. The molecule has 352 valence electrons. The number of amides is 5. The largest absolute Gasteiger partial charge is 0.444 e. The highest BCUT2D eigenvalue weighted by molar-refractivity contribution is 5.90. The van der Waals surface area contributed by atoms with E-state index in [-0.39, 0.29) is 59.9 Å². The summed E-state index contributed by atoms with van der Waals surface area (Å²) in [6.45, 7) is 23.2. The molecule has 10 atom stereocenters. The Balaban J connectivity index is 1.74. The van der Waals surface area contributed by atoms with Crippen molar-refractivity contribution in [1.82, 2.24) is 30.2 Å². The number of nitrogens with zero attached hydrogens (tertiary/aromatic N) is 4. The van der Waals surface area contributed by atoms with E-state index in [4.69, 9.17) is 14.2 Å². The van der Waals surface area contributed by atoms with E-state index in [1.165, 1.54) is 0 Å². The zero-order valence-electron chi connectivity index (χ0n) is 40.2. The van der Waals surface area contributed by atoms with Crippen molar-refractivity contribution in [3.63, 3.8) is 0 Å². The molecule has 2 heterocycles. The van der Waals surface area contributed by atoms with Gasteiger partial charge in [0, 0.05) is 54.0 Å². The summed E-state index contributed by atoms with van der Waals surface area (Å²) in [5, 5.41) is 17.0. The average molecular weight is 873 g/mol. The molecule has 0 aromatic heterocycles. The first kappa shape index (κ1) is 52.6. The molecule has 5 amide bonds. The fraction of sp³-hybridized carbons (Fsp3) is 0.766. The number of benzene rings is 1. The van der Waals surface area contributed by atoms with E-state index in [0.29, 0.717) is 51.1 Å². The third kappa shape index (κ3) is 13.9. The number of aliphatic hydroxyl groups is 1. The number of rotatable bonds is 20. The molecule has 62 heavy (non-hydrogen) atoms. The van der Waals surface area contributed by atoms with Crippen LogP contribution in [0.15, 0.2) is 30.3 Å². The molecule has 0 bridgehead atoms. The number of methoxy groups -OCH3 is 2. The molecule has 0 spiro atoms. The van der Waals surface area contributed by atoms with Gasteiger partial charge in [-0.1, -0.05) is 85.2 Å². The molecule has 15 nitrogen and oxygen atoms in total. The van der Waals surface area contributed by atoms with Gasteiger partial charge < -0.3 is 44.7 Å². The van der Waals surface area contributed by atoms with Crippen LogP contribution in [0.5, 0.6) is 0 Å². The van der Waals surface area contributed by atoms with Crippen LogP contribution in [0.1, 0.15) is 114 Å². The number of ether oxygens (including phenoxy) is 3. The van der Waals surface area contributed by atoms with E-state index < -0.39 is 54.0 Å². The van der Waals surface area contributed by atoms with E-state index >= 15 is 0 Å². The number of hydrogen-bond donors (Lipinski definition) is 3. The Hall–Kier alpha value is -3.79. The number of likely N-dealkylation sites (N-methyl/N-ethyl adjacent to an activating group) is 1. The van der Waals surface area contributed by atoms with Crippen molar-refractivity contribution in [2.75, 3.05) is 54.0 Å². The topological polar surface area (TPSA) is 170 Å². The van der Waals surface area contributed by atoms with Gasteiger partial charge in [0.2, 0.25) is 23.6 Å². The molecule has 1 aromatic carbocycles. The first-order chi connectivity index (χ1) is 29.1. The fourth-order valence-corrected chi connectivity index (χ4v) is 9.05. The second-order valence-electron chi connectivity index (χ2n) is 19.2. The van der Waals surface area contributed by atoms with Crippen molar-refractivity contribution in [3.8, 4) is 0 Å². The third-order valence-corrected chi connectivity index (χ3v) is 12.7. The van der Waals surface area contributed by atoms with Gasteiger partial charge in [-0.2, -0.15) is 0 Å². The minimum absolute atomic E-state index is 0.000339. The van der Waals surface area contributed by atoms with Crippen molar-refractivity contribution < 1.29 is 43.3 Å². The summed E-state index contributed by atoms with van der Waals surface area (Å²) in [6, 6.07) is 6.39. The summed E-state index contributed by atoms with van der Waals surface area (Å²) in [4.78, 5) is 76.6. The van der Waals surface area contributed by atoms with Crippen molar-refractivity contribution in [1.29, 1.82) is 0 Å². The minimum atomic E-state index is -0.892. The Morgan fingerprint density at radius 3 is 1.98 bits per heavy atom. The van der Waals surface area contributed by atoms with Crippen LogP contribution >= 0.6 is 0 Å². The van der Waals surface area contributed by atoms with Crippen LogP contribution in [0.2, 0.25) is 0 Å². The molecule has 2 aliphatic heterocycles. The predicted molar refractivity (Wildman–Crippen MR) is 240 cm³/mol. The van der Waals surface area contributed by atoms with Crippen LogP contribution in [-0.4, -0.2) is 156 Å². The quantitative estimate of drug-likeness (QED) is 0.165. The van der Waals surface area contributed by atoms with Crippen molar-refractivity contribution >= 4 is 29.7 Å². The molecule has 1 aromatic rings. The summed E-state index contributed by atoms with van der Waals surface area (Å²) in [5.74, 6) is -1.95. The van der Waals surface area contributed by atoms with Crippen LogP contribution in [0, 0.1) is 23.7 Å². The number of hydrogen-bond acceptors (Lipinski definition) is 10. The molecule has 2 aliphatic rings. The smallest absolute Gasteiger partial charge is 0.410 e. The molecule has 0 radical (unpaired) electrons. The Morgan fingerprint density at radius 1 is 0.855 bits per heavy atom. The highest BCUT2D eigenvalue weighted by Crippen LogP contribution is 2.30. The van der Waals surface area contributed by atoms with E-state index in [1.54, 1.807) is 49.8 Å². The molecule has 15 heteroatoms. The lowest BCUT2D eigenvalue weighted by atomic mass is 9.89. The Labute approximate surface area is 371 Å². The SMILES string of the molecule is CC[C@H](C)[C@@H]([C@@H](CC(=O)N1CCC[C@H]1[C@H](OC)[C@@H](C)C(=O)N[C@H](C)[C@@H](O)c1ccccc1)OC)N(C)C(=O)[C@@H](NC(=O)[C@H](C(C)C)N1CCN(C(=O)OC(C)(C)C)CC1)C(C)C. The third-order valence-electron chi connectivity index (χ3n) is 12.7. The van der Waals surface area contributed by atoms with E-state index in [0.717, 1.165) is 6.42 Å². The summed E-state index contributed by atoms with van der Waals surface area (Å²) in [7, 11) is 4.83. The maximum atomic E-state index is 14.6. The summed E-state index contributed by atoms with van der Waals surface area (Å²) in [5.41, 5.74) is 0.0964. The summed E-state index contributed by atoms with van der Waals surface area (Å²) < 4.78 is 17.6. The minimum Gasteiger partial charge on any atom is -0.444 e. The van der Waals surface area contributed by atoms with Gasteiger partial charge in [-0.05, 0) is 63.9 Å². The first-order valence-electron chi connectivity index (χ1n) is 22.8. The normalized spacial score (nSPS) is 20.7. The second kappa shape index (κ2) is 23.8. The van der Waals surface area contributed by atoms with Crippen LogP contribution < -0.4 is 10.6 Å². The Morgan fingerprint density at radius 2 is 1.47 bits per heavy atom. The van der Waals surface area contributed by atoms with Gasteiger partial charge in [-0.25, -0.2) is 4.79 Å². The van der Waals surface area contributed by atoms with Gasteiger partial charge >= 0.3 is 6.09 Å². The van der Waals surface area contributed by atoms with Gasteiger partial charge in [0.25, 0.3) is 0 Å². The van der Waals surface area contributed by atoms with Gasteiger partial charge in [0.15, 0.2) is 0 Å². The fourth-order valence-electron chi connectivity index (χ4n) is 9.05. The molecule has 0 unspecified atom stereocenters. The van der Waals surface area contributed by atoms with Crippen molar-refractivity contribution in [2.45, 2.75) is 156 Å². The zero-order chi connectivity index (χ0) is 46.6. The predicted octanol–water partition coefficient (Wildman–Crippen LogP) is 4.86. The second-order valence-corrected chi connectivity index (χ2v) is 19.2. The molecule has 3 rings (SSSR count). The molecular formula is C47H80N6O9. The maximum Gasteiger partial charge on any atom is 0.410 e. The van der Waals surface area contributed by atoms with E-state index in [2.05, 4.69) is 15.5 Å². The van der Waals surface area contributed by atoms with Crippen molar-refractivity contribution in [3.05, 3.63) is 35.9 Å². The molecular weight excluding hydrogens is 793 g/mol. The van der Waals surface area contributed by atoms with Crippen LogP contribution in [-0.2, 0) is 33.4 Å².